The number of aromatic nitrogens is 2. The highest BCUT2D eigenvalue weighted by atomic mass is 16.3. The van der Waals surface area contributed by atoms with Gasteiger partial charge in [0, 0.05) is 12.6 Å². The van der Waals surface area contributed by atoms with Gasteiger partial charge in [-0.1, -0.05) is 13.8 Å². The van der Waals surface area contributed by atoms with Gasteiger partial charge in [-0.3, -0.25) is 4.79 Å². The third-order valence-corrected chi connectivity index (χ3v) is 2.03. The molecule has 0 spiro atoms. The molecule has 1 heterocycles. The lowest BCUT2D eigenvalue weighted by molar-refractivity contribution is 0.0712. The van der Waals surface area contributed by atoms with Crippen molar-refractivity contribution in [2.45, 2.75) is 39.8 Å². The highest BCUT2D eigenvalue weighted by Crippen LogP contribution is 2.14. The molecule has 0 bridgehead atoms. The molecule has 1 N–H and O–H groups in total. The molecule has 1 rings (SSSR count). The summed E-state index contributed by atoms with van der Waals surface area (Å²) < 4.78 is 1.40. The van der Waals surface area contributed by atoms with Gasteiger partial charge in [0.05, 0.1) is 5.69 Å². The molecule has 0 aliphatic rings. The summed E-state index contributed by atoms with van der Waals surface area (Å²) in [7, 11) is 0. The van der Waals surface area contributed by atoms with Crippen molar-refractivity contribution >= 4 is 0 Å². The largest absolute Gasteiger partial charge is 0.384 e. The highest BCUT2D eigenvalue weighted by molar-refractivity contribution is 5.07. The fourth-order valence-corrected chi connectivity index (χ4v) is 1.25. The minimum absolute atomic E-state index is 0.128. The molecular formula is C11H18N2O2. The van der Waals surface area contributed by atoms with Gasteiger partial charge < -0.3 is 5.11 Å². The van der Waals surface area contributed by atoms with Crippen LogP contribution in [0, 0.1) is 5.92 Å². The summed E-state index contributed by atoms with van der Waals surface area (Å²) in [4.78, 5) is 11.5. The number of nitrogens with zero attached hydrogens (tertiary/aromatic N) is 2. The van der Waals surface area contributed by atoms with E-state index in [-0.39, 0.29) is 5.56 Å². The Morgan fingerprint density at radius 3 is 2.53 bits per heavy atom. The minimum atomic E-state index is -1.01. The smallest absolute Gasteiger partial charge is 0.266 e. The topological polar surface area (TPSA) is 55.1 Å². The minimum Gasteiger partial charge on any atom is -0.384 e. The molecule has 0 radical (unpaired) electrons. The molecule has 0 unspecified atom stereocenters. The van der Waals surface area contributed by atoms with Crippen LogP contribution in [0.15, 0.2) is 16.9 Å². The van der Waals surface area contributed by atoms with E-state index in [0.717, 1.165) is 0 Å². The summed E-state index contributed by atoms with van der Waals surface area (Å²) in [5.41, 5.74) is -0.619. The summed E-state index contributed by atoms with van der Waals surface area (Å²) in [6, 6.07) is 3.02. The Kier molecular flexibility index (Phi) is 3.29. The first kappa shape index (κ1) is 11.9. The van der Waals surface area contributed by atoms with Crippen LogP contribution in [0.4, 0.5) is 0 Å². The van der Waals surface area contributed by atoms with E-state index in [4.69, 9.17) is 0 Å². The summed E-state index contributed by atoms with van der Waals surface area (Å²) in [5, 5.41) is 13.9. The molecule has 0 atom stereocenters. The Morgan fingerprint density at radius 1 is 1.47 bits per heavy atom. The van der Waals surface area contributed by atoms with Gasteiger partial charge in [-0.2, -0.15) is 5.10 Å². The number of hydrogen-bond donors (Lipinski definition) is 1. The Labute approximate surface area is 89.6 Å². The van der Waals surface area contributed by atoms with Crippen LogP contribution in [-0.4, -0.2) is 14.9 Å². The zero-order valence-corrected chi connectivity index (χ0v) is 9.69. The molecule has 0 saturated heterocycles. The maximum absolute atomic E-state index is 11.5. The van der Waals surface area contributed by atoms with E-state index in [0.29, 0.717) is 18.2 Å². The molecule has 84 valence electrons. The second-order valence-corrected chi connectivity index (χ2v) is 4.69. The molecule has 0 aromatic carbocycles. The lowest BCUT2D eigenvalue weighted by Gasteiger charge is -2.17. The van der Waals surface area contributed by atoms with Gasteiger partial charge in [0.15, 0.2) is 0 Å². The van der Waals surface area contributed by atoms with Gasteiger partial charge in [0.1, 0.15) is 5.60 Å². The van der Waals surface area contributed by atoms with Crippen molar-refractivity contribution in [3.8, 4) is 0 Å². The molecule has 0 saturated carbocycles. The van der Waals surface area contributed by atoms with Crippen LogP contribution in [0.1, 0.15) is 33.4 Å². The number of hydrogen-bond acceptors (Lipinski definition) is 3. The first-order valence-corrected chi connectivity index (χ1v) is 5.11. The molecule has 15 heavy (non-hydrogen) atoms. The van der Waals surface area contributed by atoms with E-state index in [9.17, 15) is 9.90 Å². The maximum Gasteiger partial charge on any atom is 0.266 e. The molecule has 0 aliphatic heterocycles. The summed E-state index contributed by atoms with van der Waals surface area (Å²) >= 11 is 0. The lowest BCUT2D eigenvalue weighted by atomic mass is 10.1. The molecule has 4 nitrogen and oxygen atoms in total. The predicted octanol–water partition coefficient (Wildman–Crippen LogP) is 1.13. The first-order chi connectivity index (χ1) is 6.80. The summed E-state index contributed by atoms with van der Waals surface area (Å²) in [6.07, 6.45) is 0. The van der Waals surface area contributed by atoms with Gasteiger partial charge in [-0.15, -0.1) is 0 Å². The fraction of sp³-hybridized carbons (Fsp3) is 0.636. The van der Waals surface area contributed by atoms with Crippen LogP contribution in [0.3, 0.4) is 0 Å². The van der Waals surface area contributed by atoms with Crippen molar-refractivity contribution in [1.29, 1.82) is 0 Å². The van der Waals surface area contributed by atoms with Crippen LogP contribution < -0.4 is 5.56 Å². The number of rotatable bonds is 3. The summed E-state index contributed by atoms with van der Waals surface area (Å²) in [6.45, 7) is 7.91. The third kappa shape index (κ3) is 3.16. The third-order valence-electron chi connectivity index (χ3n) is 2.03. The van der Waals surface area contributed by atoms with E-state index in [1.165, 1.54) is 10.7 Å². The molecular weight excluding hydrogens is 192 g/mol. The van der Waals surface area contributed by atoms with Gasteiger partial charge in [0.2, 0.25) is 0 Å². The van der Waals surface area contributed by atoms with Crippen molar-refractivity contribution in [3.63, 3.8) is 0 Å². The molecule has 0 fully saturated rings. The fourth-order valence-electron chi connectivity index (χ4n) is 1.25. The van der Waals surface area contributed by atoms with Gasteiger partial charge >= 0.3 is 0 Å². The molecule has 0 aliphatic carbocycles. The van der Waals surface area contributed by atoms with E-state index in [2.05, 4.69) is 5.10 Å². The zero-order chi connectivity index (χ0) is 11.6. The average Bonchev–Trinajstić information content (AvgIpc) is 2.06. The highest BCUT2D eigenvalue weighted by Gasteiger charge is 2.18. The first-order valence-electron chi connectivity index (χ1n) is 5.11. The van der Waals surface area contributed by atoms with E-state index in [1.807, 2.05) is 13.8 Å². The normalized spacial score (nSPS) is 12.1. The Balaban J connectivity index is 3.11. The van der Waals surface area contributed by atoms with Crippen molar-refractivity contribution in [1.82, 2.24) is 9.78 Å². The lowest BCUT2D eigenvalue weighted by Crippen LogP contribution is -2.29. The predicted molar refractivity (Wildman–Crippen MR) is 58.6 cm³/mol. The molecule has 0 amide bonds. The van der Waals surface area contributed by atoms with Gasteiger partial charge in [0.25, 0.3) is 5.56 Å². The summed E-state index contributed by atoms with van der Waals surface area (Å²) in [5.74, 6) is 0.354. The van der Waals surface area contributed by atoms with Crippen LogP contribution in [0.25, 0.3) is 0 Å². The Hall–Kier alpha value is -1.16. The van der Waals surface area contributed by atoms with Gasteiger partial charge in [-0.25, -0.2) is 4.68 Å². The van der Waals surface area contributed by atoms with Crippen molar-refractivity contribution in [2.24, 2.45) is 5.92 Å². The molecule has 1 aromatic heterocycles. The van der Waals surface area contributed by atoms with E-state index < -0.39 is 5.60 Å². The monoisotopic (exact) mass is 210 g/mol. The maximum atomic E-state index is 11.5. The van der Waals surface area contributed by atoms with Crippen LogP contribution in [0.2, 0.25) is 0 Å². The van der Waals surface area contributed by atoms with Crippen LogP contribution in [0.5, 0.6) is 0 Å². The second-order valence-electron chi connectivity index (χ2n) is 4.69. The van der Waals surface area contributed by atoms with Crippen molar-refractivity contribution < 1.29 is 5.11 Å². The van der Waals surface area contributed by atoms with Crippen LogP contribution >= 0.6 is 0 Å². The van der Waals surface area contributed by atoms with Crippen LogP contribution in [-0.2, 0) is 12.1 Å². The van der Waals surface area contributed by atoms with Crippen molar-refractivity contribution in [3.05, 3.63) is 28.2 Å². The van der Waals surface area contributed by atoms with Crippen molar-refractivity contribution in [2.75, 3.05) is 0 Å². The quantitative estimate of drug-likeness (QED) is 0.813. The number of aliphatic hydroxyl groups is 1. The standard InChI is InChI=1S/C11H18N2O2/c1-8(2)7-13-10(14)6-5-9(12-13)11(3,4)15/h5-6,8,15H,7H2,1-4H3. The van der Waals surface area contributed by atoms with Gasteiger partial charge in [-0.05, 0) is 25.8 Å². The van der Waals surface area contributed by atoms with E-state index in [1.54, 1.807) is 19.9 Å². The average molecular weight is 210 g/mol. The molecule has 1 aromatic rings. The van der Waals surface area contributed by atoms with E-state index >= 15 is 0 Å². The second kappa shape index (κ2) is 4.14. The SMILES string of the molecule is CC(C)Cn1nc(C(C)(C)O)ccc1=O. The molecule has 4 heteroatoms. The zero-order valence-electron chi connectivity index (χ0n) is 9.69. The Morgan fingerprint density at radius 2 is 2.07 bits per heavy atom. The Bertz CT molecular complexity index is 388.